The van der Waals surface area contributed by atoms with E-state index in [2.05, 4.69) is 73.1 Å². The SMILES string of the molecule is CCCCCCCCCCCCC1(CCCCCCCCCCCC)c2cc(C)ccc2-c2ccc(Br)cc21. The molecule has 1 aliphatic rings. The molecule has 0 saturated heterocycles. The highest BCUT2D eigenvalue weighted by atomic mass is 79.9. The lowest BCUT2D eigenvalue weighted by Gasteiger charge is -2.33. The monoisotopic (exact) mass is 594 g/mol. The molecular formula is C38H59Br. The first-order valence-corrected chi connectivity index (χ1v) is 17.8. The van der Waals surface area contributed by atoms with Crippen LogP contribution >= 0.6 is 15.9 Å². The van der Waals surface area contributed by atoms with Gasteiger partial charge in [-0.15, -0.1) is 0 Å². The van der Waals surface area contributed by atoms with Crippen LogP contribution in [0.25, 0.3) is 11.1 Å². The van der Waals surface area contributed by atoms with E-state index in [1.807, 2.05) is 0 Å². The summed E-state index contributed by atoms with van der Waals surface area (Å²) in [7, 11) is 0. The molecular weight excluding hydrogens is 536 g/mol. The molecule has 0 fully saturated rings. The molecule has 0 spiro atoms. The molecule has 1 aliphatic carbocycles. The predicted molar refractivity (Wildman–Crippen MR) is 178 cm³/mol. The summed E-state index contributed by atoms with van der Waals surface area (Å²) in [6, 6.07) is 14.4. The number of hydrogen-bond donors (Lipinski definition) is 0. The maximum absolute atomic E-state index is 3.84. The Balaban J connectivity index is 1.59. The van der Waals surface area contributed by atoms with E-state index < -0.39 is 0 Å². The second-order valence-corrected chi connectivity index (χ2v) is 13.6. The van der Waals surface area contributed by atoms with Crippen molar-refractivity contribution in [2.75, 3.05) is 0 Å². The van der Waals surface area contributed by atoms with Crippen LogP contribution in [0, 0.1) is 6.92 Å². The van der Waals surface area contributed by atoms with Crippen molar-refractivity contribution in [3.8, 4) is 11.1 Å². The van der Waals surface area contributed by atoms with Gasteiger partial charge in [0, 0.05) is 9.89 Å². The lowest BCUT2D eigenvalue weighted by molar-refractivity contribution is 0.396. The van der Waals surface area contributed by atoms with Gasteiger partial charge in [-0.3, -0.25) is 0 Å². The van der Waals surface area contributed by atoms with E-state index in [9.17, 15) is 0 Å². The molecule has 0 aliphatic heterocycles. The Morgan fingerprint density at radius 1 is 0.487 bits per heavy atom. The summed E-state index contributed by atoms with van der Waals surface area (Å²) in [6.07, 6.45) is 30.8. The second-order valence-electron chi connectivity index (χ2n) is 12.7. The van der Waals surface area contributed by atoms with Gasteiger partial charge in [0.25, 0.3) is 0 Å². The van der Waals surface area contributed by atoms with Gasteiger partial charge in [-0.05, 0) is 54.2 Å². The van der Waals surface area contributed by atoms with Gasteiger partial charge in [0.15, 0.2) is 0 Å². The molecule has 0 atom stereocenters. The van der Waals surface area contributed by atoms with Crippen LogP contribution in [0.2, 0.25) is 0 Å². The fourth-order valence-corrected chi connectivity index (χ4v) is 7.43. The summed E-state index contributed by atoms with van der Waals surface area (Å²) >= 11 is 3.84. The topological polar surface area (TPSA) is 0 Å². The zero-order chi connectivity index (χ0) is 27.8. The Kier molecular flexibility index (Phi) is 15.3. The highest BCUT2D eigenvalue weighted by molar-refractivity contribution is 9.10. The van der Waals surface area contributed by atoms with Gasteiger partial charge in [0.2, 0.25) is 0 Å². The third-order valence-electron chi connectivity index (χ3n) is 9.39. The number of halogens is 1. The molecule has 0 bridgehead atoms. The van der Waals surface area contributed by atoms with Crippen LogP contribution in [0.1, 0.15) is 172 Å². The highest BCUT2D eigenvalue weighted by Gasteiger charge is 2.42. The summed E-state index contributed by atoms with van der Waals surface area (Å²) in [5, 5.41) is 0. The maximum atomic E-state index is 3.84. The average molecular weight is 596 g/mol. The summed E-state index contributed by atoms with van der Waals surface area (Å²) < 4.78 is 1.24. The lowest BCUT2D eigenvalue weighted by atomic mass is 9.70. The molecule has 0 amide bonds. The van der Waals surface area contributed by atoms with Crippen molar-refractivity contribution in [3.63, 3.8) is 0 Å². The minimum Gasteiger partial charge on any atom is -0.0654 e. The van der Waals surface area contributed by atoms with Gasteiger partial charge >= 0.3 is 0 Å². The standard InChI is InChI=1S/C38H59Br/c1-4-6-8-10-12-14-16-18-20-22-28-38(29-23-21-19-17-15-13-11-9-7-5-2)36-30-32(3)24-26-34(36)35-27-25-33(39)31-37(35)38/h24-27,30-31H,4-23,28-29H2,1-3H3. The zero-order valence-corrected chi connectivity index (χ0v) is 27.5. The summed E-state index contributed by atoms with van der Waals surface area (Å²) in [5.41, 5.74) is 7.83. The summed E-state index contributed by atoms with van der Waals surface area (Å²) in [6.45, 7) is 6.90. The van der Waals surface area contributed by atoms with E-state index in [1.54, 1.807) is 11.1 Å². The minimum absolute atomic E-state index is 0.195. The van der Waals surface area contributed by atoms with Crippen molar-refractivity contribution in [3.05, 3.63) is 57.6 Å². The van der Waals surface area contributed by atoms with Crippen molar-refractivity contribution >= 4 is 15.9 Å². The predicted octanol–water partition coefficient (Wildman–Crippen LogP) is 13.6. The Bertz CT molecular complexity index is 864. The molecule has 39 heavy (non-hydrogen) atoms. The fourth-order valence-electron chi connectivity index (χ4n) is 7.07. The average Bonchev–Trinajstić information content (AvgIpc) is 3.19. The third kappa shape index (κ3) is 10.1. The number of unbranched alkanes of at least 4 members (excludes halogenated alkanes) is 18. The van der Waals surface area contributed by atoms with Crippen LogP contribution in [0.5, 0.6) is 0 Å². The Hall–Kier alpha value is -1.08. The first-order valence-electron chi connectivity index (χ1n) is 17.0. The molecule has 0 saturated carbocycles. The summed E-state index contributed by atoms with van der Waals surface area (Å²) in [4.78, 5) is 0. The van der Waals surface area contributed by atoms with Gasteiger partial charge in [0.05, 0.1) is 0 Å². The smallest absolute Gasteiger partial charge is 0.0215 e. The van der Waals surface area contributed by atoms with Crippen LogP contribution in [0.3, 0.4) is 0 Å². The number of fused-ring (bicyclic) bond motifs is 3. The van der Waals surface area contributed by atoms with Crippen LogP contribution in [0.15, 0.2) is 40.9 Å². The van der Waals surface area contributed by atoms with Gasteiger partial charge in [-0.1, -0.05) is 188 Å². The normalized spacial score (nSPS) is 13.5. The van der Waals surface area contributed by atoms with Crippen LogP contribution in [0.4, 0.5) is 0 Å². The third-order valence-corrected chi connectivity index (χ3v) is 9.89. The first-order chi connectivity index (χ1) is 19.1. The molecule has 0 aromatic heterocycles. The van der Waals surface area contributed by atoms with Gasteiger partial charge in [-0.2, -0.15) is 0 Å². The quantitative estimate of drug-likeness (QED) is 0.119. The molecule has 0 heterocycles. The lowest BCUT2D eigenvalue weighted by Crippen LogP contribution is -2.25. The molecule has 0 nitrogen and oxygen atoms in total. The van der Waals surface area contributed by atoms with Gasteiger partial charge in [-0.25, -0.2) is 0 Å². The van der Waals surface area contributed by atoms with Crippen molar-refractivity contribution in [1.29, 1.82) is 0 Å². The van der Waals surface area contributed by atoms with E-state index >= 15 is 0 Å². The molecule has 0 N–H and O–H groups in total. The second kappa shape index (κ2) is 18.4. The van der Waals surface area contributed by atoms with Crippen LogP contribution < -0.4 is 0 Å². The molecule has 2 aromatic rings. The number of hydrogen-bond acceptors (Lipinski definition) is 0. The van der Waals surface area contributed by atoms with Crippen molar-refractivity contribution < 1.29 is 0 Å². The van der Waals surface area contributed by atoms with Crippen molar-refractivity contribution in [1.82, 2.24) is 0 Å². The van der Waals surface area contributed by atoms with Crippen LogP contribution in [-0.2, 0) is 5.41 Å². The Morgan fingerprint density at radius 3 is 1.33 bits per heavy atom. The molecule has 218 valence electrons. The fraction of sp³-hybridized carbons (Fsp3) is 0.684. The summed E-state index contributed by atoms with van der Waals surface area (Å²) in [5.74, 6) is 0. The maximum Gasteiger partial charge on any atom is 0.0215 e. The van der Waals surface area contributed by atoms with E-state index in [0.717, 1.165) is 0 Å². The molecule has 2 aromatic carbocycles. The van der Waals surface area contributed by atoms with E-state index in [1.165, 1.54) is 162 Å². The molecule has 0 unspecified atom stereocenters. The van der Waals surface area contributed by atoms with Crippen molar-refractivity contribution in [2.45, 2.75) is 167 Å². The largest absolute Gasteiger partial charge is 0.0654 e. The number of rotatable bonds is 22. The van der Waals surface area contributed by atoms with E-state index in [-0.39, 0.29) is 5.41 Å². The minimum atomic E-state index is 0.195. The molecule has 1 heteroatoms. The van der Waals surface area contributed by atoms with Crippen LogP contribution in [-0.4, -0.2) is 0 Å². The number of benzene rings is 2. The van der Waals surface area contributed by atoms with Crippen molar-refractivity contribution in [2.24, 2.45) is 0 Å². The first kappa shape index (κ1) is 32.4. The Morgan fingerprint density at radius 2 is 0.872 bits per heavy atom. The Labute approximate surface area is 251 Å². The highest BCUT2D eigenvalue weighted by Crippen LogP contribution is 2.55. The zero-order valence-electron chi connectivity index (χ0n) is 25.9. The molecule has 0 radical (unpaired) electrons. The van der Waals surface area contributed by atoms with E-state index in [4.69, 9.17) is 0 Å². The number of aryl methyl sites for hydroxylation is 1. The molecule has 3 rings (SSSR count). The van der Waals surface area contributed by atoms with E-state index in [0.29, 0.717) is 0 Å². The van der Waals surface area contributed by atoms with Gasteiger partial charge < -0.3 is 0 Å². The van der Waals surface area contributed by atoms with Gasteiger partial charge in [0.1, 0.15) is 0 Å².